The molecule has 0 saturated carbocycles. The Morgan fingerprint density at radius 1 is 1.35 bits per heavy atom. The van der Waals surface area contributed by atoms with Crippen LogP contribution >= 0.6 is 23.2 Å². The van der Waals surface area contributed by atoms with E-state index in [9.17, 15) is 14.9 Å². The molecule has 0 spiro atoms. The summed E-state index contributed by atoms with van der Waals surface area (Å²) < 4.78 is 1.23. The molecule has 1 aromatic heterocycles. The van der Waals surface area contributed by atoms with Gasteiger partial charge in [-0.15, -0.1) is 0 Å². The molecule has 1 heterocycles. The Kier molecular flexibility index (Phi) is 3.96. The Balaban J connectivity index is 2.47. The number of nitrogens with zero attached hydrogens (tertiary/aromatic N) is 2. The van der Waals surface area contributed by atoms with Gasteiger partial charge in [0.2, 0.25) is 0 Å². The topological polar surface area (TPSA) is 85.4 Å². The van der Waals surface area contributed by atoms with Crippen molar-refractivity contribution < 1.29 is 14.8 Å². The van der Waals surface area contributed by atoms with E-state index < -0.39 is 10.9 Å². The molecular weight excluding hydrogens is 307 g/mol. The van der Waals surface area contributed by atoms with Gasteiger partial charge in [-0.2, -0.15) is 0 Å². The number of nitro groups is 1. The van der Waals surface area contributed by atoms with Gasteiger partial charge in [0.05, 0.1) is 17.7 Å². The first-order chi connectivity index (χ1) is 9.40. The Morgan fingerprint density at radius 2 is 1.95 bits per heavy atom. The van der Waals surface area contributed by atoms with E-state index in [0.717, 1.165) is 12.3 Å². The van der Waals surface area contributed by atoms with E-state index in [0.29, 0.717) is 15.6 Å². The Bertz CT molecular complexity index is 677. The summed E-state index contributed by atoms with van der Waals surface area (Å²) in [6, 6.07) is 5.87. The predicted octanol–water partition coefficient (Wildman–Crippen LogP) is 3.45. The van der Waals surface area contributed by atoms with Crippen LogP contribution in [0.3, 0.4) is 0 Å². The summed E-state index contributed by atoms with van der Waals surface area (Å²) in [4.78, 5) is 21.2. The summed E-state index contributed by atoms with van der Waals surface area (Å²) >= 11 is 12.0. The van der Waals surface area contributed by atoms with Crippen LogP contribution in [0.25, 0.3) is 0 Å². The van der Waals surface area contributed by atoms with Crippen molar-refractivity contribution in [2.75, 3.05) is 0 Å². The normalized spacial score (nSPS) is 10.5. The zero-order valence-electron chi connectivity index (χ0n) is 9.92. The minimum absolute atomic E-state index is 0.0357. The molecule has 8 heteroatoms. The van der Waals surface area contributed by atoms with E-state index >= 15 is 0 Å². The lowest BCUT2D eigenvalue weighted by Crippen LogP contribution is -2.09. The van der Waals surface area contributed by atoms with Crippen molar-refractivity contribution in [3.63, 3.8) is 0 Å². The van der Waals surface area contributed by atoms with Crippen LogP contribution in [0.1, 0.15) is 16.1 Å². The SMILES string of the molecule is O=C(O)c1cc([N+](=O)[O-])cn1Cc1c(Cl)cccc1Cl. The van der Waals surface area contributed by atoms with Gasteiger partial charge in [-0.05, 0) is 12.1 Å². The van der Waals surface area contributed by atoms with Crippen LogP contribution in [0.4, 0.5) is 5.69 Å². The molecule has 6 nitrogen and oxygen atoms in total. The minimum Gasteiger partial charge on any atom is -0.477 e. The van der Waals surface area contributed by atoms with Gasteiger partial charge in [0.15, 0.2) is 0 Å². The third-order valence-corrected chi connectivity index (χ3v) is 3.41. The molecule has 2 rings (SSSR count). The number of aromatic nitrogens is 1. The predicted molar refractivity (Wildman–Crippen MR) is 73.6 cm³/mol. The molecule has 104 valence electrons. The summed E-state index contributed by atoms with van der Waals surface area (Å²) in [7, 11) is 0. The average molecular weight is 315 g/mol. The fraction of sp³-hybridized carbons (Fsp3) is 0.0833. The first-order valence-corrected chi connectivity index (χ1v) is 6.16. The molecule has 0 radical (unpaired) electrons. The summed E-state index contributed by atoms with van der Waals surface area (Å²) in [5, 5.41) is 20.5. The molecule has 2 aromatic rings. The van der Waals surface area contributed by atoms with Crippen LogP contribution in [0.2, 0.25) is 10.0 Å². The zero-order valence-corrected chi connectivity index (χ0v) is 11.4. The van der Waals surface area contributed by atoms with E-state index in [1.54, 1.807) is 18.2 Å². The van der Waals surface area contributed by atoms with Crippen molar-refractivity contribution >= 4 is 34.9 Å². The summed E-state index contributed by atoms with van der Waals surface area (Å²) in [6.07, 6.45) is 1.14. The monoisotopic (exact) mass is 314 g/mol. The molecule has 0 aliphatic heterocycles. The molecule has 0 atom stereocenters. The molecule has 0 saturated heterocycles. The van der Waals surface area contributed by atoms with Gasteiger partial charge in [0, 0.05) is 21.7 Å². The highest BCUT2D eigenvalue weighted by Gasteiger charge is 2.20. The van der Waals surface area contributed by atoms with Crippen LogP contribution in [0, 0.1) is 10.1 Å². The van der Waals surface area contributed by atoms with E-state index in [2.05, 4.69) is 0 Å². The van der Waals surface area contributed by atoms with Crippen LogP contribution in [-0.4, -0.2) is 20.6 Å². The van der Waals surface area contributed by atoms with E-state index in [1.807, 2.05) is 0 Å². The maximum atomic E-state index is 11.1. The van der Waals surface area contributed by atoms with Crippen LogP contribution in [0.5, 0.6) is 0 Å². The molecule has 0 amide bonds. The van der Waals surface area contributed by atoms with Crippen molar-refractivity contribution in [2.24, 2.45) is 0 Å². The number of benzene rings is 1. The summed E-state index contributed by atoms with van der Waals surface area (Å²) in [6.45, 7) is 0.0357. The second-order valence-corrected chi connectivity index (χ2v) is 4.79. The standard InChI is InChI=1S/C12H8Cl2N2O4/c13-9-2-1-3-10(14)8(9)6-15-5-7(16(19)20)4-11(15)12(17)18/h1-5H,6H2,(H,17,18). The number of rotatable bonds is 4. The second kappa shape index (κ2) is 5.52. The van der Waals surface area contributed by atoms with Gasteiger partial charge >= 0.3 is 5.97 Å². The van der Waals surface area contributed by atoms with Gasteiger partial charge in [0.25, 0.3) is 5.69 Å². The van der Waals surface area contributed by atoms with Gasteiger partial charge < -0.3 is 9.67 Å². The van der Waals surface area contributed by atoms with E-state index in [4.69, 9.17) is 28.3 Å². The van der Waals surface area contributed by atoms with Gasteiger partial charge in [-0.3, -0.25) is 10.1 Å². The molecule has 0 fully saturated rings. The highest BCUT2D eigenvalue weighted by molar-refractivity contribution is 6.35. The van der Waals surface area contributed by atoms with Crippen molar-refractivity contribution in [1.29, 1.82) is 0 Å². The quantitative estimate of drug-likeness (QED) is 0.691. The third-order valence-electron chi connectivity index (χ3n) is 2.70. The average Bonchev–Trinajstić information content (AvgIpc) is 2.78. The molecule has 1 aromatic carbocycles. The number of hydrogen-bond donors (Lipinski definition) is 1. The van der Waals surface area contributed by atoms with E-state index in [1.165, 1.54) is 4.57 Å². The van der Waals surface area contributed by atoms with Gasteiger partial charge in [-0.25, -0.2) is 4.79 Å². The molecular formula is C12H8Cl2N2O4. The number of carboxylic acid groups (broad SMARTS) is 1. The lowest BCUT2D eigenvalue weighted by molar-refractivity contribution is -0.384. The molecule has 0 aliphatic carbocycles. The largest absolute Gasteiger partial charge is 0.477 e. The van der Waals surface area contributed by atoms with Crippen LogP contribution < -0.4 is 0 Å². The highest BCUT2D eigenvalue weighted by atomic mass is 35.5. The molecule has 1 N–H and O–H groups in total. The first kappa shape index (κ1) is 14.4. The second-order valence-electron chi connectivity index (χ2n) is 3.97. The number of hydrogen-bond acceptors (Lipinski definition) is 3. The van der Waals surface area contributed by atoms with Crippen LogP contribution in [-0.2, 0) is 6.54 Å². The van der Waals surface area contributed by atoms with Gasteiger partial charge in [0.1, 0.15) is 5.69 Å². The minimum atomic E-state index is -1.26. The van der Waals surface area contributed by atoms with Crippen molar-refractivity contribution in [3.8, 4) is 0 Å². The number of carboxylic acids is 1. The van der Waals surface area contributed by atoms with Gasteiger partial charge in [-0.1, -0.05) is 29.3 Å². The summed E-state index contributed by atoms with van der Waals surface area (Å²) in [5.74, 6) is -1.26. The number of carbonyl (C=O) groups is 1. The Labute approximate surface area is 123 Å². The number of halogens is 2. The fourth-order valence-corrected chi connectivity index (χ4v) is 2.28. The molecule has 0 aliphatic rings. The number of aromatic carboxylic acids is 1. The maximum Gasteiger partial charge on any atom is 0.352 e. The Hall–Kier alpha value is -2.05. The lowest BCUT2D eigenvalue weighted by atomic mass is 10.2. The molecule has 0 unspecified atom stereocenters. The van der Waals surface area contributed by atoms with Crippen molar-refractivity contribution in [3.05, 3.63) is 61.9 Å². The molecule has 0 bridgehead atoms. The smallest absolute Gasteiger partial charge is 0.352 e. The molecule has 20 heavy (non-hydrogen) atoms. The zero-order chi connectivity index (χ0) is 14.9. The highest BCUT2D eigenvalue weighted by Crippen LogP contribution is 2.27. The fourth-order valence-electron chi connectivity index (χ4n) is 1.76. The third kappa shape index (κ3) is 2.76. The van der Waals surface area contributed by atoms with Crippen molar-refractivity contribution in [2.45, 2.75) is 6.54 Å². The Morgan fingerprint density at radius 3 is 2.45 bits per heavy atom. The lowest BCUT2D eigenvalue weighted by Gasteiger charge is -2.09. The van der Waals surface area contributed by atoms with Crippen molar-refractivity contribution in [1.82, 2.24) is 4.57 Å². The maximum absolute atomic E-state index is 11.1. The first-order valence-electron chi connectivity index (χ1n) is 5.41. The van der Waals surface area contributed by atoms with E-state index in [-0.39, 0.29) is 17.9 Å². The van der Waals surface area contributed by atoms with Crippen LogP contribution in [0.15, 0.2) is 30.5 Å². The summed E-state index contributed by atoms with van der Waals surface area (Å²) in [5.41, 5.74) is 0.00194.